The first-order chi connectivity index (χ1) is 13.7. The second-order valence-corrected chi connectivity index (χ2v) is 8.06. The van der Waals surface area contributed by atoms with Crippen LogP contribution in [0.4, 0.5) is 10.8 Å². The monoisotopic (exact) mass is 392 g/mol. The van der Waals surface area contributed by atoms with Gasteiger partial charge in [0.15, 0.2) is 0 Å². The molecule has 6 nitrogen and oxygen atoms in total. The lowest BCUT2D eigenvalue weighted by atomic mass is 10.1. The number of aliphatic imine (C=N–C) groups is 1. The van der Waals surface area contributed by atoms with E-state index in [0.29, 0.717) is 30.7 Å². The first kappa shape index (κ1) is 17.5. The molecular weight excluding hydrogens is 372 g/mol. The zero-order valence-corrected chi connectivity index (χ0v) is 16.4. The van der Waals surface area contributed by atoms with Crippen molar-refractivity contribution in [2.75, 3.05) is 37.9 Å². The Morgan fingerprint density at radius 2 is 2.00 bits per heavy atom. The Balaban J connectivity index is 1.51. The summed E-state index contributed by atoms with van der Waals surface area (Å²) in [7, 11) is 0. The maximum absolute atomic E-state index is 13.2. The largest absolute Gasteiger partial charge is 0.379 e. The minimum Gasteiger partial charge on any atom is -0.379 e. The van der Waals surface area contributed by atoms with Gasteiger partial charge in [0.2, 0.25) is 5.13 Å². The maximum Gasteiger partial charge on any atom is 0.278 e. The van der Waals surface area contributed by atoms with Gasteiger partial charge in [-0.25, -0.2) is 9.98 Å². The summed E-state index contributed by atoms with van der Waals surface area (Å²) >= 11 is 1.52. The molecule has 1 fully saturated rings. The Labute approximate surface area is 167 Å². The third-order valence-corrected chi connectivity index (χ3v) is 5.99. The summed E-state index contributed by atoms with van der Waals surface area (Å²) in [4.78, 5) is 26.6. The zero-order chi connectivity index (χ0) is 19.1. The van der Waals surface area contributed by atoms with E-state index in [1.165, 1.54) is 16.9 Å². The van der Waals surface area contributed by atoms with Crippen molar-refractivity contribution < 1.29 is 9.53 Å². The normalized spacial score (nSPS) is 19.0. The summed E-state index contributed by atoms with van der Waals surface area (Å²) in [5.41, 5.74) is 4.36. The van der Waals surface area contributed by atoms with Crippen molar-refractivity contribution in [1.29, 1.82) is 0 Å². The molecule has 1 aromatic heterocycles. The van der Waals surface area contributed by atoms with E-state index in [2.05, 4.69) is 27.9 Å². The second-order valence-electron chi connectivity index (χ2n) is 7.05. The van der Waals surface area contributed by atoms with Crippen LogP contribution in [0, 0.1) is 6.92 Å². The number of aromatic nitrogens is 1. The van der Waals surface area contributed by atoms with E-state index in [0.717, 1.165) is 34.6 Å². The first-order valence-corrected chi connectivity index (χ1v) is 10.2. The molecule has 142 valence electrons. The molecule has 5 rings (SSSR count). The average molecular weight is 392 g/mol. The lowest BCUT2D eigenvalue weighted by Gasteiger charge is -2.30. The van der Waals surface area contributed by atoms with E-state index < -0.39 is 0 Å². The third kappa shape index (κ3) is 3.11. The van der Waals surface area contributed by atoms with E-state index in [-0.39, 0.29) is 5.91 Å². The number of nitrogens with zero attached hydrogens (tertiary/aromatic N) is 4. The molecule has 1 saturated heterocycles. The maximum atomic E-state index is 13.2. The fraction of sp³-hybridized carbons (Fsp3) is 0.286. The molecule has 0 unspecified atom stereocenters. The van der Waals surface area contributed by atoms with Crippen LogP contribution in [-0.2, 0) is 9.53 Å². The van der Waals surface area contributed by atoms with Gasteiger partial charge in [-0.2, -0.15) is 0 Å². The van der Waals surface area contributed by atoms with E-state index in [9.17, 15) is 4.79 Å². The highest BCUT2D eigenvalue weighted by molar-refractivity contribution is 7.22. The van der Waals surface area contributed by atoms with Crippen molar-refractivity contribution >= 4 is 44.0 Å². The van der Waals surface area contributed by atoms with E-state index in [1.807, 2.05) is 41.3 Å². The van der Waals surface area contributed by atoms with Gasteiger partial charge in [0.25, 0.3) is 5.91 Å². The number of thiazole rings is 1. The van der Waals surface area contributed by atoms with Crippen LogP contribution in [0.25, 0.3) is 10.2 Å². The summed E-state index contributed by atoms with van der Waals surface area (Å²) < 4.78 is 6.51. The number of morpholine rings is 1. The number of aryl methyl sites for hydroxylation is 1. The topological polar surface area (TPSA) is 58.0 Å². The van der Waals surface area contributed by atoms with Crippen LogP contribution in [0.15, 0.2) is 47.5 Å². The second kappa shape index (κ2) is 7.09. The predicted octanol–water partition coefficient (Wildman–Crippen LogP) is 3.36. The van der Waals surface area contributed by atoms with Crippen LogP contribution < -0.4 is 4.90 Å². The average Bonchev–Trinajstić information content (AvgIpc) is 3.23. The summed E-state index contributed by atoms with van der Waals surface area (Å²) in [6.45, 7) is 5.68. The minimum absolute atomic E-state index is 0.0665. The molecule has 2 aromatic carbocycles. The van der Waals surface area contributed by atoms with Crippen molar-refractivity contribution in [3.8, 4) is 0 Å². The molecule has 0 aliphatic carbocycles. The number of hydrogen-bond donors (Lipinski definition) is 0. The molecule has 1 amide bonds. The number of ether oxygens (including phenoxy) is 1. The molecule has 28 heavy (non-hydrogen) atoms. The van der Waals surface area contributed by atoms with Crippen molar-refractivity contribution in [3.63, 3.8) is 0 Å². The van der Waals surface area contributed by atoms with Crippen LogP contribution >= 0.6 is 11.3 Å². The molecule has 0 N–H and O–H groups in total. The highest BCUT2D eigenvalue weighted by atomic mass is 32.1. The van der Waals surface area contributed by atoms with Crippen LogP contribution in [0.1, 0.15) is 11.1 Å². The van der Waals surface area contributed by atoms with Gasteiger partial charge in [-0.1, -0.05) is 35.6 Å². The quantitative estimate of drug-likeness (QED) is 0.686. The number of carbonyl (C=O) groups excluding carboxylic acids is 1. The van der Waals surface area contributed by atoms with Gasteiger partial charge in [-0.3, -0.25) is 14.6 Å². The van der Waals surface area contributed by atoms with Gasteiger partial charge in [0.1, 0.15) is 5.71 Å². The molecule has 0 bridgehead atoms. The fourth-order valence-electron chi connectivity index (χ4n) is 3.62. The Morgan fingerprint density at radius 3 is 2.86 bits per heavy atom. The number of benzene rings is 2. The molecule has 0 saturated carbocycles. The number of fused-ring (bicyclic) bond motifs is 2. The van der Waals surface area contributed by atoms with Gasteiger partial charge in [0, 0.05) is 18.7 Å². The molecule has 7 heteroatoms. The number of amides is 1. The van der Waals surface area contributed by atoms with Crippen LogP contribution in [-0.4, -0.2) is 54.5 Å². The third-order valence-electron chi connectivity index (χ3n) is 5.08. The van der Waals surface area contributed by atoms with Crippen molar-refractivity contribution in [2.45, 2.75) is 6.92 Å². The summed E-state index contributed by atoms with van der Waals surface area (Å²) in [5, 5.41) is 0.618. The molecule has 3 heterocycles. The van der Waals surface area contributed by atoms with Crippen molar-refractivity contribution in [1.82, 2.24) is 9.88 Å². The molecule has 0 spiro atoms. The Bertz CT molecular complexity index is 1080. The molecular formula is C21H20N4O2S. The van der Waals surface area contributed by atoms with Gasteiger partial charge in [-0.05, 0) is 30.7 Å². The standard InChI is InChI=1S/C21H20N4O2S/c1-14-6-7-16-18(12-14)28-21(22-16)23-19-15-4-2-3-5-17(15)25(20(19)26)13-24-8-10-27-11-9-24/h2-7,12H,8-11,13H2,1H3. The van der Waals surface area contributed by atoms with Gasteiger partial charge in [-0.15, -0.1) is 0 Å². The van der Waals surface area contributed by atoms with Crippen molar-refractivity contribution in [2.24, 2.45) is 4.99 Å². The van der Waals surface area contributed by atoms with Crippen LogP contribution in [0.3, 0.4) is 0 Å². The number of para-hydroxylation sites is 1. The number of carbonyl (C=O) groups is 1. The molecule has 3 aromatic rings. The summed E-state index contributed by atoms with van der Waals surface area (Å²) in [6, 6.07) is 14.0. The molecule has 0 atom stereocenters. The zero-order valence-electron chi connectivity index (χ0n) is 15.6. The Kier molecular flexibility index (Phi) is 4.43. The Hall–Kier alpha value is -2.61. The first-order valence-electron chi connectivity index (χ1n) is 9.36. The van der Waals surface area contributed by atoms with Gasteiger partial charge < -0.3 is 4.74 Å². The number of anilines is 1. The number of hydrogen-bond acceptors (Lipinski definition) is 6. The van der Waals surface area contributed by atoms with E-state index in [4.69, 9.17) is 4.74 Å². The summed E-state index contributed by atoms with van der Waals surface area (Å²) in [6.07, 6.45) is 0. The van der Waals surface area contributed by atoms with Gasteiger partial charge in [0.05, 0.1) is 35.8 Å². The minimum atomic E-state index is -0.0665. The smallest absolute Gasteiger partial charge is 0.278 e. The Morgan fingerprint density at radius 1 is 1.18 bits per heavy atom. The molecule has 2 aliphatic heterocycles. The van der Waals surface area contributed by atoms with Crippen LogP contribution in [0.5, 0.6) is 0 Å². The van der Waals surface area contributed by atoms with Crippen molar-refractivity contribution in [3.05, 3.63) is 53.6 Å². The summed E-state index contributed by atoms with van der Waals surface area (Å²) in [5.74, 6) is -0.0665. The molecule has 0 radical (unpaired) electrons. The number of rotatable bonds is 3. The van der Waals surface area contributed by atoms with Crippen LogP contribution in [0.2, 0.25) is 0 Å². The molecule has 2 aliphatic rings. The van der Waals surface area contributed by atoms with E-state index >= 15 is 0 Å². The lowest BCUT2D eigenvalue weighted by molar-refractivity contribution is -0.112. The predicted molar refractivity (Wildman–Crippen MR) is 112 cm³/mol. The lowest BCUT2D eigenvalue weighted by Crippen LogP contribution is -2.45. The highest BCUT2D eigenvalue weighted by Crippen LogP contribution is 2.34. The van der Waals surface area contributed by atoms with E-state index in [1.54, 1.807) is 0 Å². The fourth-order valence-corrected chi connectivity index (χ4v) is 4.56. The highest BCUT2D eigenvalue weighted by Gasteiger charge is 2.35. The van der Waals surface area contributed by atoms with Gasteiger partial charge >= 0.3 is 0 Å². The SMILES string of the molecule is Cc1ccc2nc(N=C3C(=O)N(CN4CCOCC4)c4ccccc43)sc2c1.